The smallest absolute Gasteiger partial charge is 0.475 e. The minimum atomic E-state index is -5.08. The number of hydrogen-bond donors (Lipinski definition) is 2. The van der Waals surface area contributed by atoms with Crippen LogP contribution in [0.3, 0.4) is 0 Å². The van der Waals surface area contributed by atoms with E-state index in [2.05, 4.69) is 20.2 Å². The molecule has 1 aromatic rings. The number of thiazole rings is 1. The third-order valence-corrected chi connectivity index (χ3v) is 5.75. The van der Waals surface area contributed by atoms with Gasteiger partial charge in [-0.25, -0.2) is 14.6 Å². The molecule has 0 amide bonds. The molecule has 33 heavy (non-hydrogen) atoms. The molecule has 1 aromatic heterocycles. The maximum absolute atomic E-state index is 10.6. The molecule has 3 aliphatic rings. The van der Waals surface area contributed by atoms with Crippen LogP contribution in [-0.4, -0.2) is 94.2 Å². The molecule has 15 heteroatoms. The maximum atomic E-state index is 10.6. The maximum Gasteiger partial charge on any atom is 0.490 e. The molecule has 4 rings (SSSR count). The number of morpholine rings is 1. The molecule has 3 heterocycles. The van der Waals surface area contributed by atoms with Crippen LogP contribution in [0.25, 0.3) is 0 Å². The van der Waals surface area contributed by atoms with Crippen LogP contribution in [0, 0.1) is 5.92 Å². The number of rotatable bonds is 4. The lowest BCUT2D eigenvalue weighted by Crippen LogP contribution is -2.64. The molecule has 2 bridgehead atoms. The van der Waals surface area contributed by atoms with Crippen LogP contribution < -0.4 is 0 Å². The fraction of sp³-hybridized carbons (Fsp3) is 0.722. The number of nitrogens with zero attached hydrogens (tertiary/aromatic N) is 3. The Morgan fingerprint density at radius 3 is 1.88 bits per heavy atom. The summed E-state index contributed by atoms with van der Waals surface area (Å²) < 4.78 is 69.2. The highest BCUT2D eigenvalue weighted by Crippen LogP contribution is 2.33. The fourth-order valence-electron chi connectivity index (χ4n) is 3.36. The van der Waals surface area contributed by atoms with Crippen molar-refractivity contribution in [1.29, 1.82) is 0 Å². The highest BCUT2D eigenvalue weighted by Gasteiger charge is 2.41. The molecule has 1 aliphatic carbocycles. The number of carboxylic acid groups (broad SMARTS) is 2. The number of hydrogen-bond acceptors (Lipinski definition) is 7. The Bertz CT molecular complexity index is 735. The van der Waals surface area contributed by atoms with Gasteiger partial charge in [-0.3, -0.25) is 9.80 Å². The minimum absolute atomic E-state index is 0.605. The summed E-state index contributed by atoms with van der Waals surface area (Å²) in [6, 6.07) is 1.21. The number of ether oxygens (including phenoxy) is 1. The predicted octanol–water partition coefficient (Wildman–Crippen LogP) is 2.70. The molecule has 0 spiro atoms. The van der Waals surface area contributed by atoms with Crippen molar-refractivity contribution < 1.29 is 50.9 Å². The molecule has 2 aliphatic heterocycles. The Morgan fingerprint density at radius 1 is 1.03 bits per heavy atom. The van der Waals surface area contributed by atoms with Gasteiger partial charge in [0.05, 0.1) is 19.8 Å². The van der Waals surface area contributed by atoms with Gasteiger partial charge >= 0.3 is 24.3 Å². The van der Waals surface area contributed by atoms with Gasteiger partial charge in [0.2, 0.25) is 0 Å². The standard InChI is InChI=1S/C14H21N3OS.2C2HF3O2/c1-2-11(1)5-17-12-6-16(7-13(17)10-18-9-12)8-14-15-3-4-19-14;2*3-2(4,5)1(6)7/h3-4,11-13H,1-2,5-10H2;2*(H,6,7). The average molecular weight is 507 g/mol. The monoisotopic (exact) mass is 507 g/mol. The zero-order chi connectivity index (χ0) is 24.8. The van der Waals surface area contributed by atoms with E-state index >= 15 is 0 Å². The second-order valence-electron chi connectivity index (χ2n) is 7.71. The Morgan fingerprint density at radius 2 is 1.52 bits per heavy atom. The second kappa shape index (κ2) is 11.4. The molecular weight excluding hydrogens is 484 g/mol. The number of alkyl halides is 6. The van der Waals surface area contributed by atoms with Crippen LogP contribution in [0.4, 0.5) is 26.3 Å². The van der Waals surface area contributed by atoms with E-state index in [9.17, 15) is 26.3 Å². The van der Waals surface area contributed by atoms with Crippen molar-refractivity contribution >= 4 is 23.3 Å². The third kappa shape index (κ3) is 9.43. The first kappa shape index (κ1) is 27.3. The predicted molar refractivity (Wildman–Crippen MR) is 103 cm³/mol. The van der Waals surface area contributed by atoms with E-state index in [1.54, 1.807) is 11.3 Å². The first-order valence-corrected chi connectivity index (χ1v) is 10.7. The van der Waals surface area contributed by atoms with Gasteiger partial charge in [0.25, 0.3) is 0 Å². The van der Waals surface area contributed by atoms with Gasteiger partial charge in [0.1, 0.15) is 5.01 Å². The normalized spacial score (nSPS) is 23.6. The number of halogens is 6. The van der Waals surface area contributed by atoms with Crippen molar-refractivity contribution in [2.45, 2.75) is 43.8 Å². The first-order chi connectivity index (χ1) is 15.3. The van der Waals surface area contributed by atoms with Crippen LogP contribution in [0.2, 0.25) is 0 Å². The highest BCUT2D eigenvalue weighted by atomic mass is 32.1. The van der Waals surface area contributed by atoms with Gasteiger partial charge in [0, 0.05) is 43.3 Å². The lowest BCUT2D eigenvalue weighted by Gasteiger charge is -2.49. The van der Waals surface area contributed by atoms with Crippen molar-refractivity contribution in [1.82, 2.24) is 14.8 Å². The van der Waals surface area contributed by atoms with Crippen molar-refractivity contribution in [3.05, 3.63) is 16.6 Å². The van der Waals surface area contributed by atoms with Crippen LogP contribution in [0.5, 0.6) is 0 Å². The molecule has 1 saturated carbocycles. The summed E-state index contributed by atoms with van der Waals surface area (Å²) in [6.07, 6.45) is -5.37. The van der Waals surface area contributed by atoms with E-state index in [1.165, 1.54) is 24.4 Å². The van der Waals surface area contributed by atoms with E-state index in [1.807, 2.05) is 6.20 Å². The van der Waals surface area contributed by atoms with Gasteiger partial charge in [-0.1, -0.05) is 0 Å². The number of carboxylic acids is 2. The molecule has 2 N–H and O–H groups in total. The van der Waals surface area contributed by atoms with Crippen molar-refractivity contribution in [3.8, 4) is 0 Å². The lowest BCUT2D eigenvalue weighted by atomic mass is 10.0. The summed E-state index contributed by atoms with van der Waals surface area (Å²) in [5.74, 6) is -4.53. The second-order valence-corrected chi connectivity index (χ2v) is 8.69. The molecule has 8 nitrogen and oxygen atoms in total. The number of aliphatic carboxylic acids is 2. The van der Waals surface area contributed by atoms with Crippen molar-refractivity contribution in [3.63, 3.8) is 0 Å². The Labute approximate surface area is 188 Å². The largest absolute Gasteiger partial charge is 0.490 e. The summed E-state index contributed by atoms with van der Waals surface area (Å²) in [6.45, 7) is 6.44. The van der Waals surface area contributed by atoms with Crippen LogP contribution in [0.15, 0.2) is 11.6 Å². The zero-order valence-corrected chi connectivity index (χ0v) is 18.0. The molecule has 2 unspecified atom stereocenters. The van der Waals surface area contributed by atoms with Gasteiger partial charge in [-0.2, -0.15) is 26.3 Å². The van der Waals surface area contributed by atoms with Crippen molar-refractivity contribution in [2.24, 2.45) is 5.92 Å². The summed E-state index contributed by atoms with van der Waals surface area (Å²) in [5.41, 5.74) is 0. The first-order valence-electron chi connectivity index (χ1n) is 9.81. The summed E-state index contributed by atoms with van der Waals surface area (Å²) >= 11 is 1.77. The number of fused-ring (bicyclic) bond motifs is 2. The fourth-order valence-corrected chi connectivity index (χ4v) is 4.02. The molecule has 2 saturated heterocycles. The quantitative estimate of drug-likeness (QED) is 0.600. The number of aromatic nitrogens is 1. The summed E-state index contributed by atoms with van der Waals surface area (Å²) in [7, 11) is 0. The molecule has 0 radical (unpaired) electrons. The van der Waals surface area contributed by atoms with Gasteiger partial charge < -0.3 is 14.9 Å². The van der Waals surface area contributed by atoms with E-state index in [0.717, 1.165) is 38.8 Å². The van der Waals surface area contributed by atoms with E-state index in [-0.39, 0.29) is 0 Å². The molecule has 3 fully saturated rings. The molecular formula is C18H23F6N3O5S. The van der Waals surface area contributed by atoms with Gasteiger partial charge in [-0.15, -0.1) is 11.3 Å². The Hall–Kier alpha value is -1.97. The van der Waals surface area contributed by atoms with E-state index < -0.39 is 24.3 Å². The van der Waals surface area contributed by atoms with Gasteiger partial charge in [-0.05, 0) is 18.8 Å². The number of carbonyl (C=O) groups is 2. The number of piperazine rings is 1. The molecule has 0 aromatic carbocycles. The highest BCUT2D eigenvalue weighted by molar-refractivity contribution is 7.09. The van der Waals surface area contributed by atoms with Gasteiger partial charge in [0.15, 0.2) is 0 Å². The van der Waals surface area contributed by atoms with Crippen LogP contribution in [-0.2, 0) is 20.9 Å². The summed E-state index contributed by atoms with van der Waals surface area (Å²) in [5, 5.41) is 17.6. The lowest BCUT2D eigenvalue weighted by molar-refractivity contribution is -0.193. The zero-order valence-electron chi connectivity index (χ0n) is 17.2. The van der Waals surface area contributed by atoms with E-state index in [0.29, 0.717) is 12.1 Å². The third-order valence-electron chi connectivity index (χ3n) is 4.99. The Balaban J connectivity index is 0.000000230. The molecule has 188 valence electrons. The SMILES string of the molecule is O=C(O)C(F)(F)F.O=C(O)C(F)(F)F.c1csc(CN2CC3COCC(C2)N3CC2CC2)n1. The van der Waals surface area contributed by atoms with Crippen LogP contribution in [0.1, 0.15) is 17.8 Å². The summed E-state index contributed by atoms with van der Waals surface area (Å²) in [4.78, 5) is 27.5. The minimum Gasteiger partial charge on any atom is -0.475 e. The van der Waals surface area contributed by atoms with E-state index in [4.69, 9.17) is 24.5 Å². The average Bonchev–Trinajstić information content (AvgIpc) is 3.35. The van der Waals surface area contributed by atoms with Crippen LogP contribution >= 0.6 is 11.3 Å². The topological polar surface area (TPSA) is 103 Å². The Kier molecular flexibility index (Phi) is 9.46. The van der Waals surface area contributed by atoms with Crippen molar-refractivity contribution in [2.75, 3.05) is 32.8 Å². The molecule has 2 atom stereocenters.